The fourth-order valence-electron chi connectivity index (χ4n) is 5.36. The van der Waals surface area contributed by atoms with Gasteiger partial charge < -0.3 is 19.4 Å². The molecule has 4 rings (SSSR count). The Labute approximate surface area is 209 Å². The predicted molar refractivity (Wildman–Crippen MR) is 143 cm³/mol. The largest absolute Gasteiger partial charge is 0.445 e. The number of fused-ring (bicyclic) bond motifs is 1. The molecular formula is C28H37N3O2S. The monoisotopic (exact) mass is 479 g/mol. The summed E-state index contributed by atoms with van der Waals surface area (Å²) in [5, 5.41) is 0. The molecule has 6 heteroatoms. The molecule has 34 heavy (non-hydrogen) atoms. The highest BCUT2D eigenvalue weighted by Crippen LogP contribution is 2.48. The quantitative estimate of drug-likeness (QED) is 0.500. The van der Waals surface area contributed by atoms with E-state index in [4.69, 9.17) is 17.0 Å². The Morgan fingerprint density at radius 3 is 2.44 bits per heavy atom. The van der Waals surface area contributed by atoms with Crippen molar-refractivity contribution in [1.29, 1.82) is 0 Å². The Kier molecular flexibility index (Phi) is 7.77. The number of rotatable bonds is 6. The summed E-state index contributed by atoms with van der Waals surface area (Å²) in [5.74, 6) is 1.52. The molecule has 3 atom stereocenters. The van der Waals surface area contributed by atoms with Crippen molar-refractivity contribution in [1.82, 2.24) is 9.80 Å². The van der Waals surface area contributed by atoms with Gasteiger partial charge in [-0.2, -0.15) is 0 Å². The van der Waals surface area contributed by atoms with Gasteiger partial charge in [0.05, 0.1) is 4.99 Å². The summed E-state index contributed by atoms with van der Waals surface area (Å²) in [4.78, 5) is 20.0. The third kappa shape index (κ3) is 5.38. The zero-order chi connectivity index (χ0) is 24.2. The molecule has 5 nitrogen and oxygen atoms in total. The Hall–Kier alpha value is -2.60. The number of piperazine rings is 1. The Balaban J connectivity index is 1.35. The lowest BCUT2D eigenvalue weighted by Crippen LogP contribution is -2.47. The SMILES string of the molecule is CC(=S)N1CCN(c2ccc3c(c2)C(C)C(C)[C@H]3CCN(C)C(=O)OCc2ccccc2)CC1. The first-order valence-electron chi connectivity index (χ1n) is 12.4. The van der Waals surface area contributed by atoms with E-state index in [-0.39, 0.29) is 6.09 Å². The molecule has 0 radical (unpaired) electrons. The standard InChI is InChI=1S/C28H37N3O2S/c1-20-21(2)27-18-24(31-16-14-30(15-17-31)22(3)34)10-11-26(27)25(20)12-13-29(4)28(32)33-19-23-8-6-5-7-9-23/h5-11,18,20-21,25H,12-17,19H2,1-4H3/t20?,21?,25-/m1/s1. The minimum atomic E-state index is -0.260. The second kappa shape index (κ2) is 10.8. The van der Waals surface area contributed by atoms with Crippen LogP contribution in [0.4, 0.5) is 10.5 Å². The topological polar surface area (TPSA) is 36.0 Å². The molecule has 1 aliphatic heterocycles. The summed E-state index contributed by atoms with van der Waals surface area (Å²) < 4.78 is 5.50. The van der Waals surface area contributed by atoms with Gasteiger partial charge in [0.2, 0.25) is 0 Å². The third-order valence-corrected chi connectivity index (χ3v) is 8.02. The number of nitrogens with zero attached hydrogens (tertiary/aromatic N) is 3. The molecule has 0 saturated carbocycles. The molecule has 1 saturated heterocycles. The van der Waals surface area contributed by atoms with E-state index in [9.17, 15) is 4.79 Å². The molecule has 2 aromatic carbocycles. The summed E-state index contributed by atoms with van der Waals surface area (Å²) >= 11 is 5.35. The van der Waals surface area contributed by atoms with E-state index in [1.165, 1.54) is 16.8 Å². The van der Waals surface area contributed by atoms with Gasteiger partial charge in [-0.15, -0.1) is 0 Å². The van der Waals surface area contributed by atoms with Gasteiger partial charge in [0.1, 0.15) is 6.61 Å². The zero-order valence-corrected chi connectivity index (χ0v) is 21.7. The minimum Gasteiger partial charge on any atom is -0.445 e. The number of carbonyl (C=O) groups is 1. The van der Waals surface area contributed by atoms with E-state index >= 15 is 0 Å². The fourth-order valence-corrected chi connectivity index (χ4v) is 5.54. The second-order valence-electron chi connectivity index (χ2n) is 9.81. The number of hydrogen-bond donors (Lipinski definition) is 0. The fraction of sp³-hybridized carbons (Fsp3) is 0.500. The molecule has 0 aromatic heterocycles. The molecule has 1 amide bonds. The maximum Gasteiger partial charge on any atom is 0.409 e. The number of benzene rings is 2. The molecule has 0 bridgehead atoms. The van der Waals surface area contributed by atoms with E-state index in [0.717, 1.165) is 43.2 Å². The second-order valence-corrected chi connectivity index (χ2v) is 10.4. The highest BCUT2D eigenvalue weighted by atomic mass is 32.1. The van der Waals surface area contributed by atoms with Crippen LogP contribution in [0.15, 0.2) is 48.5 Å². The number of amides is 1. The first kappa shape index (κ1) is 24.5. The Morgan fingerprint density at radius 2 is 1.76 bits per heavy atom. The van der Waals surface area contributed by atoms with Crippen molar-refractivity contribution >= 4 is 29.0 Å². The Morgan fingerprint density at radius 1 is 1.06 bits per heavy atom. The van der Waals surface area contributed by atoms with Gasteiger partial charge in [0, 0.05) is 45.5 Å². The van der Waals surface area contributed by atoms with Gasteiger partial charge in [0.15, 0.2) is 0 Å². The minimum absolute atomic E-state index is 0.260. The molecule has 0 spiro atoms. The number of ether oxygens (including phenoxy) is 1. The Bertz CT molecular complexity index is 1000. The highest BCUT2D eigenvalue weighted by molar-refractivity contribution is 7.80. The van der Waals surface area contributed by atoms with Gasteiger partial charge in [-0.3, -0.25) is 0 Å². The van der Waals surface area contributed by atoms with Crippen molar-refractivity contribution < 1.29 is 9.53 Å². The van der Waals surface area contributed by atoms with Crippen LogP contribution >= 0.6 is 12.2 Å². The number of carbonyl (C=O) groups excluding carboxylic acids is 1. The van der Waals surface area contributed by atoms with Gasteiger partial charge >= 0.3 is 6.09 Å². The van der Waals surface area contributed by atoms with Gasteiger partial charge in [0.25, 0.3) is 0 Å². The van der Waals surface area contributed by atoms with Gasteiger partial charge in [-0.1, -0.05) is 62.5 Å². The smallest absolute Gasteiger partial charge is 0.409 e. The molecule has 182 valence electrons. The van der Waals surface area contributed by atoms with Crippen LogP contribution in [0.25, 0.3) is 0 Å². The van der Waals surface area contributed by atoms with Crippen molar-refractivity contribution in [2.24, 2.45) is 5.92 Å². The van der Waals surface area contributed by atoms with E-state index < -0.39 is 0 Å². The molecular weight excluding hydrogens is 442 g/mol. The first-order chi connectivity index (χ1) is 16.3. The molecule has 1 heterocycles. The average Bonchev–Trinajstić information content (AvgIpc) is 3.10. The van der Waals surface area contributed by atoms with Crippen LogP contribution in [0.1, 0.15) is 55.7 Å². The first-order valence-corrected chi connectivity index (χ1v) is 12.8. The number of hydrogen-bond acceptors (Lipinski definition) is 4. The summed E-state index contributed by atoms with van der Waals surface area (Å²) in [6.07, 6.45) is 0.685. The van der Waals surface area contributed by atoms with Crippen LogP contribution in [0.2, 0.25) is 0 Å². The average molecular weight is 480 g/mol. The lowest BCUT2D eigenvalue weighted by molar-refractivity contribution is 0.103. The molecule has 2 aromatic rings. The van der Waals surface area contributed by atoms with E-state index in [2.05, 4.69) is 41.8 Å². The van der Waals surface area contributed by atoms with Gasteiger partial charge in [-0.25, -0.2) is 4.79 Å². The molecule has 1 fully saturated rings. The molecule has 1 aliphatic carbocycles. The maximum atomic E-state index is 12.5. The van der Waals surface area contributed by atoms with Crippen LogP contribution < -0.4 is 4.90 Å². The number of thiocarbonyl (C=S) groups is 1. The normalized spacial score (nSPS) is 21.8. The van der Waals surface area contributed by atoms with E-state index in [0.29, 0.717) is 30.9 Å². The zero-order valence-electron chi connectivity index (χ0n) is 20.9. The summed E-state index contributed by atoms with van der Waals surface area (Å²) in [6, 6.07) is 16.8. The lowest BCUT2D eigenvalue weighted by Gasteiger charge is -2.37. The van der Waals surface area contributed by atoms with Crippen molar-refractivity contribution in [2.75, 3.05) is 44.7 Å². The van der Waals surface area contributed by atoms with Crippen LogP contribution in [-0.4, -0.2) is 60.7 Å². The highest BCUT2D eigenvalue weighted by Gasteiger charge is 2.36. The molecule has 2 aliphatic rings. The maximum absolute atomic E-state index is 12.5. The molecule has 2 unspecified atom stereocenters. The summed E-state index contributed by atoms with van der Waals surface area (Å²) in [5.41, 5.74) is 5.24. The number of anilines is 1. The molecule has 0 N–H and O–H groups in total. The van der Waals surface area contributed by atoms with Crippen LogP contribution in [0.3, 0.4) is 0 Å². The van der Waals surface area contributed by atoms with Crippen molar-refractivity contribution in [2.45, 2.75) is 45.6 Å². The predicted octanol–water partition coefficient (Wildman–Crippen LogP) is 5.65. The van der Waals surface area contributed by atoms with Crippen LogP contribution in [0, 0.1) is 5.92 Å². The van der Waals surface area contributed by atoms with Gasteiger partial charge in [-0.05, 0) is 59.9 Å². The van der Waals surface area contributed by atoms with Crippen molar-refractivity contribution in [3.8, 4) is 0 Å². The third-order valence-electron chi connectivity index (χ3n) is 7.77. The summed E-state index contributed by atoms with van der Waals surface area (Å²) in [7, 11) is 1.84. The lowest BCUT2D eigenvalue weighted by atomic mass is 9.87. The van der Waals surface area contributed by atoms with Crippen molar-refractivity contribution in [3.63, 3.8) is 0 Å². The van der Waals surface area contributed by atoms with Crippen LogP contribution in [-0.2, 0) is 11.3 Å². The van der Waals surface area contributed by atoms with E-state index in [1.807, 2.05) is 44.3 Å². The summed E-state index contributed by atoms with van der Waals surface area (Å²) in [6.45, 7) is 11.7. The van der Waals surface area contributed by atoms with Crippen molar-refractivity contribution in [3.05, 3.63) is 65.2 Å². The van der Waals surface area contributed by atoms with E-state index in [1.54, 1.807) is 4.90 Å². The van der Waals surface area contributed by atoms with Crippen LogP contribution in [0.5, 0.6) is 0 Å².